The van der Waals surface area contributed by atoms with Crippen LogP contribution in [0, 0.1) is 0 Å². The summed E-state index contributed by atoms with van der Waals surface area (Å²) in [5, 5.41) is 0. The molecule has 0 saturated heterocycles. The van der Waals surface area contributed by atoms with Gasteiger partial charge in [-0.15, -0.1) is 5.73 Å². The standard InChI is InChI=1S/C12H9F13/c1-2-3-4-5-6-7(13,14)8(15,16)9(17,18)10(19,20)11(21,22)12(23,24)25/h4,6H,2-3H2,1H3. The van der Waals surface area contributed by atoms with E-state index in [1.165, 1.54) is 12.7 Å². The first-order chi connectivity index (χ1) is 10.8. The lowest BCUT2D eigenvalue weighted by molar-refractivity contribution is -0.436. The molecule has 0 amide bonds. The molecule has 0 aliphatic carbocycles. The molecular formula is C12H9F13. The lowest BCUT2D eigenvalue weighted by Crippen LogP contribution is -2.69. The predicted molar refractivity (Wildman–Crippen MR) is 58.4 cm³/mol. The van der Waals surface area contributed by atoms with E-state index in [2.05, 4.69) is 0 Å². The lowest BCUT2D eigenvalue weighted by atomic mass is 9.94. The zero-order chi connectivity index (χ0) is 20.5. The van der Waals surface area contributed by atoms with Crippen LogP contribution in [0.25, 0.3) is 0 Å². The number of rotatable bonds is 7. The van der Waals surface area contributed by atoms with Crippen LogP contribution in [-0.4, -0.2) is 35.8 Å². The fraction of sp³-hybridized carbons (Fsp3) is 0.750. The van der Waals surface area contributed by atoms with Crippen LogP contribution < -0.4 is 0 Å². The average Bonchev–Trinajstić information content (AvgIpc) is 2.41. The van der Waals surface area contributed by atoms with Gasteiger partial charge in [0.2, 0.25) is 0 Å². The maximum Gasteiger partial charge on any atom is 0.460 e. The summed E-state index contributed by atoms with van der Waals surface area (Å²) in [5.41, 5.74) is 1.26. The fourth-order valence-electron chi connectivity index (χ4n) is 1.26. The van der Waals surface area contributed by atoms with E-state index in [-0.39, 0.29) is 12.8 Å². The van der Waals surface area contributed by atoms with E-state index in [9.17, 15) is 57.1 Å². The molecule has 0 bridgehead atoms. The molecule has 0 heterocycles. The summed E-state index contributed by atoms with van der Waals surface area (Å²) in [6, 6.07) is 0. The van der Waals surface area contributed by atoms with E-state index in [0.717, 1.165) is 0 Å². The van der Waals surface area contributed by atoms with Crippen molar-refractivity contribution in [3.63, 3.8) is 0 Å². The molecule has 0 aliphatic heterocycles. The van der Waals surface area contributed by atoms with E-state index in [4.69, 9.17) is 0 Å². The SMILES string of the molecule is CCCC=C=CC(F)(F)C(F)(F)C(F)(F)C(F)(F)C(F)(F)C(F)(F)F. The number of hydrogen-bond acceptors (Lipinski definition) is 0. The van der Waals surface area contributed by atoms with Gasteiger partial charge in [0.25, 0.3) is 0 Å². The van der Waals surface area contributed by atoms with E-state index < -0.39 is 41.9 Å². The quantitative estimate of drug-likeness (QED) is 0.351. The van der Waals surface area contributed by atoms with Gasteiger partial charge in [0.1, 0.15) is 0 Å². The summed E-state index contributed by atoms with van der Waals surface area (Å²) in [6.45, 7) is 1.47. The van der Waals surface area contributed by atoms with Gasteiger partial charge in [-0.25, -0.2) is 0 Å². The third kappa shape index (κ3) is 3.75. The van der Waals surface area contributed by atoms with E-state index in [1.807, 2.05) is 0 Å². The van der Waals surface area contributed by atoms with E-state index in [1.54, 1.807) is 0 Å². The minimum Gasteiger partial charge on any atom is -0.194 e. The van der Waals surface area contributed by atoms with Gasteiger partial charge in [0.05, 0.1) is 0 Å². The summed E-state index contributed by atoms with van der Waals surface area (Å²) in [5.74, 6) is -36.8. The summed E-state index contributed by atoms with van der Waals surface area (Å²) >= 11 is 0. The van der Waals surface area contributed by atoms with Crippen LogP contribution in [-0.2, 0) is 0 Å². The molecule has 0 saturated carbocycles. The maximum atomic E-state index is 13.1. The Labute approximate surface area is 132 Å². The molecule has 0 rings (SSSR count). The molecule has 0 atom stereocenters. The van der Waals surface area contributed by atoms with Crippen LogP contribution in [0.15, 0.2) is 17.9 Å². The summed E-state index contributed by atoms with van der Waals surface area (Å²) in [6.07, 6.45) is -7.71. The molecule has 0 fully saturated rings. The van der Waals surface area contributed by atoms with Gasteiger partial charge < -0.3 is 0 Å². The highest BCUT2D eigenvalue weighted by molar-refractivity contribution is 5.14. The minimum absolute atomic E-state index is 0.0726. The molecule has 148 valence electrons. The average molecular weight is 400 g/mol. The van der Waals surface area contributed by atoms with Gasteiger partial charge >= 0.3 is 35.8 Å². The molecule has 0 N–H and O–H groups in total. The van der Waals surface area contributed by atoms with Crippen LogP contribution >= 0.6 is 0 Å². The first-order valence-corrected chi connectivity index (χ1v) is 6.19. The molecule has 0 aromatic heterocycles. The molecule has 0 nitrogen and oxygen atoms in total. The van der Waals surface area contributed by atoms with Gasteiger partial charge in [0.15, 0.2) is 0 Å². The van der Waals surface area contributed by atoms with Crippen LogP contribution in [0.3, 0.4) is 0 Å². The Hall–Kier alpha value is -1.39. The normalized spacial score (nSPS) is 15.0. The van der Waals surface area contributed by atoms with Crippen molar-refractivity contribution in [1.82, 2.24) is 0 Å². The monoisotopic (exact) mass is 400 g/mol. The Morgan fingerprint density at radius 1 is 0.640 bits per heavy atom. The summed E-state index contributed by atoms with van der Waals surface area (Å²) in [7, 11) is 0. The van der Waals surface area contributed by atoms with Gasteiger partial charge in [-0.1, -0.05) is 13.3 Å². The molecule has 25 heavy (non-hydrogen) atoms. The number of alkyl halides is 13. The molecule has 0 unspecified atom stereocenters. The molecule has 0 radical (unpaired) electrons. The number of unbranched alkanes of at least 4 members (excludes halogenated alkanes) is 1. The van der Waals surface area contributed by atoms with Crippen molar-refractivity contribution in [2.75, 3.05) is 0 Å². The first-order valence-electron chi connectivity index (χ1n) is 6.19. The fourth-order valence-corrected chi connectivity index (χ4v) is 1.26. The lowest BCUT2D eigenvalue weighted by Gasteiger charge is -2.38. The van der Waals surface area contributed by atoms with Gasteiger partial charge in [-0.05, 0) is 12.5 Å². The van der Waals surface area contributed by atoms with Crippen molar-refractivity contribution in [2.45, 2.75) is 55.6 Å². The Bertz CT molecular complexity index is 520. The highest BCUT2D eigenvalue weighted by Gasteiger charge is 2.90. The van der Waals surface area contributed by atoms with Crippen molar-refractivity contribution in [3.8, 4) is 0 Å². The zero-order valence-electron chi connectivity index (χ0n) is 12.0. The van der Waals surface area contributed by atoms with Crippen molar-refractivity contribution in [1.29, 1.82) is 0 Å². The topological polar surface area (TPSA) is 0 Å². The molecule has 0 spiro atoms. The Morgan fingerprint density at radius 3 is 1.40 bits per heavy atom. The van der Waals surface area contributed by atoms with Crippen molar-refractivity contribution < 1.29 is 57.1 Å². The maximum absolute atomic E-state index is 13.1. The number of halogens is 13. The summed E-state index contributed by atoms with van der Waals surface area (Å²) < 4.78 is 165. The van der Waals surface area contributed by atoms with Gasteiger partial charge in [-0.3, -0.25) is 0 Å². The zero-order valence-corrected chi connectivity index (χ0v) is 12.0. The van der Waals surface area contributed by atoms with E-state index in [0.29, 0.717) is 6.08 Å². The Morgan fingerprint density at radius 2 is 1.04 bits per heavy atom. The Balaban J connectivity index is 6.16. The van der Waals surface area contributed by atoms with Crippen LogP contribution in [0.1, 0.15) is 19.8 Å². The van der Waals surface area contributed by atoms with E-state index >= 15 is 0 Å². The second-order valence-corrected chi connectivity index (χ2v) is 4.72. The number of hydrogen-bond donors (Lipinski definition) is 0. The van der Waals surface area contributed by atoms with Gasteiger partial charge in [-0.2, -0.15) is 57.1 Å². The second kappa shape index (κ2) is 6.73. The third-order valence-corrected chi connectivity index (χ3v) is 2.77. The molecule has 0 aromatic rings. The van der Waals surface area contributed by atoms with Crippen LogP contribution in [0.5, 0.6) is 0 Å². The second-order valence-electron chi connectivity index (χ2n) is 4.72. The highest BCUT2D eigenvalue weighted by Crippen LogP contribution is 2.60. The minimum atomic E-state index is -7.87. The smallest absolute Gasteiger partial charge is 0.194 e. The van der Waals surface area contributed by atoms with Gasteiger partial charge in [0, 0.05) is 6.08 Å². The summed E-state index contributed by atoms with van der Waals surface area (Å²) in [4.78, 5) is 0. The van der Waals surface area contributed by atoms with Crippen LogP contribution in [0.2, 0.25) is 0 Å². The predicted octanol–water partition coefficient (Wildman–Crippen LogP) is 6.24. The molecule has 0 aliphatic rings. The van der Waals surface area contributed by atoms with Crippen molar-refractivity contribution in [2.24, 2.45) is 0 Å². The highest BCUT2D eigenvalue weighted by atomic mass is 19.4. The van der Waals surface area contributed by atoms with Crippen LogP contribution in [0.4, 0.5) is 57.1 Å². The number of allylic oxidation sites excluding steroid dienone is 1. The van der Waals surface area contributed by atoms with Crippen molar-refractivity contribution >= 4 is 0 Å². The Kier molecular flexibility index (Phi) is 6.36. The third-order valence-electron chi connectivity index (χ3n) is 2.77. The molecule has 0 aromatic carbocycles. The first kappa shape index (κ1) is 23.6. The van der Waals surface area contributed by atoms with Crippen molar-refractivity contribution in [3.05, 3.63) is 17.9 Å². The largest absolute Gasteiger partial charge is 0.460 e. The molecule has 13 heteroatoms. The molecular weight excluding hydrogens is 391 g/mol.